The summed E-state index contributed by atoms with van der Waals surface area (Å²) in [6.07, 6.45) is 0. The number of aliphatic imine (C=N–C) groups is 1. The van der Waals surface area contributed by atoms with Crippen molar-refractivity contribution in [3.8, 4) is 6.07 Å². The van der Waals surface area contributed by atoms with Gasteiger partial charge in [0, 0.05) is 5.56 Å². The van der Waals surface area contributed by atoms with Gasteiger partial charge in [0.15, 0.2) is 5.71 Å². The molecule has 0 aromatic heterocycles. The highest BCUT2D eigenvalue weighted by molar-refractivity contribution is 6.29. The Bertz CT molecular complexity index is 860. The number of carbonyl (C=O) groups is 2. The van der Waals surface area contributed by atoms with E-state index in [9.17, 15) is 4.79 Å². The zero-order valence-corrected chi connectivity index (χ0v) is 13.4. The van der Waals surface area contributed by atoms with Gasteiger partial charge in [0.25, 0.3) is 5.91 Å². The van der Waals surface area contributed by atoms with Crippen LogP contribution in [0.5, 0.6) is 0 Å². The van der Waals surface area contributed by atoms with Crippen LogP contribution in [0.1, 0.15) is 18.1 Å². The largest absolute Gasteiger partial charge is 0.480 e. The Hall–Kier alpha value is -3.57. The molecule has 0 saturated heterocycles. The van der Waals surface area contributed by atoms with Gasteiger partial charge in [0.1, 0.15) is 12.7 Å². The van der Waals surface area contributed by atoms with Crippen LogP contribution in [0.15, 0.2) is 47.1 Å². The number of amides is 1. The fourth-order valence-electron chi connectivity index (χ4n) is 2.00. The molecule has 0 spiro atoms. The van der Waals surface area contributed by atoms with Crippen LogP contribution in [0.25, 0.3) is 5.57 Å². The number of carboxylic acid groups (broad SMARTS) is 1. The molecule has 1 aliphatic carbocycles. The molecular formula is C17H16N4O4. The molecule has 1 aromatic carbocycles. The first-order chi connectivity index (χ1) is 11.7. The van der Waals surface area contributed by atoms with Crippen LogP contribution in [0.3, 0.4) is 0 Å². The molecule has 0 atom stereocenters. The van der Waals surface area contributed by atoms with Crippen LogP contribution in [0, 0.1) is 16.7 Å². The van der Waals surface area contributed by atoms with Crippen molar-refractivity contribution < 1.29 is 19.8 Å². The number of nitrogens with one attached hydrogen (secondary N) is 1. The van der Waals surface area contributed by atoms with Crippen molar-refractivity contribution in [1.29, 1.82) is 10.7 Å². The predicted octanol–water partition coefficient (Wildman–Crippen LogP) is 0.868. The van der Waals surface area contributed by atoms with Crippen LogP contribution in [0.2, 0.25) is 0 Å². The summed E-state index contributed by atoms with van der Waals surface area (Å²) in [6, 6.07) is 9.21. The molecule has 2 rings (SSSR count). The minimum absolute atomic E-state index is 0.156. The monoisotopic (exact) mass is 340 g/mol. The molecule has 0 radical (unpaired) electrons. The number of benzene rings is 1. The van der Waals surface area contributed by atoms with Gasteiger partial charge in [-0.2, -0.15) is 5.26 Å². The maximum Gasteiger partial charge on any atom is 0.329 e. The van der Waals surface area contributed by atoms with E-state index in [1.807, 2.05) is 31.2 Å². The fraction of sp³-hybridized carbons (Fsp3) is 0.118. The number of aliphatic hydroxyl groups excluding tert-OH is 1. The molecule has 5 N–H and O–H groups in total. The van der Waals surface area contributed by atoms with E-state index in [4.69, 9.17) is 31.4 Å². The first kappa shape index (κ1) is 19.5. The quantitative estimate of drug-likeness (QED) is 0.471. The average Bonchev–Trinajstić information content (AvgIpc) is 2.84. The molecule has 0 saturated carbocycles. The molecule has 0 aliphatic heterocycles. The molecule has 0 fully saturated rings. The number of carbonyl (C=O) groups excluding carboxylic acids is 1. The van der Waals surface area contributed by atoms with E-state index in [2.05, 4.69) is 11.6 Å². The lowest BCUT2D eigenvalue weighted by atomic mass is 10.1. The van der Waals surface area contributed by atoms with E-state index in [0.717, 1.165) is 16.7 Å². The summed E-state index contributed by atoms with van der Waals surface area (Å²) in [6.45, 7) is 4.49. The SMILES string of the molecule is C=C(C(N)=O)C(C#N)=NC1=C(C)c2ccccc2C1=N.O=C(O)CO. The average molecular weight is 340 g/mol. The molecular weight excluding hydrogens is 324 g/mol. The van der Waals surface area contributed by atoms with Crippen LogP contribution < -0.4 is 5.73 Å². The Morgan fingerprint density at radius 1 is 1.36 bits per heavy atom. The van der Waals surface area contributed by atoms with Gasteiger partial charge in [0.05, 0.1) is 17.0 Å². The molecule has 0 bridgehead atoms. The molecule has 1 aliphatic rings. The van der Waals surface area contributed by atoms with Gasteiger partial charge in [0.2, 0.25) is 0 Å². The summed E-state index contributed by atoms with van der Waals surface area (Å²) in [5.41, 5.74) is 7.82. The third-order valence-electron chi connectivity index (χ3n) is 3.24. The number of rotatable bonds is 4. The number of aliphatic hydroxyl groups is 1. The zero-order valence-electron chi connectivity index (χ0n) is 13.4. The smallest absolute Gasteiger partial charge is 0.329 e. The second-order valence-electron chi connectivity index (χ2n) is 4.86. The first-order valence-electron chi connectivity index (χ1n) is 6.94. The second-order valence-corrected chi connectivity index (χ2v) is 4.86. The summed E-state index contributed by atoms with van der Waals surface area (Å²) in [5, 5.41) is 32.2. The number of carboxylic acids is 1. The van der Waals surface area contributed by atoms with Crippen LogP contribution in [-0.4, -0.2) is 40.1 Å². The van der Waals surface area contributed by atoms with Crippen molar-refractivity contribution in [2.45, 2.75) is 6.92 Å². The molecule has 0 heterocycles. The van der Waals surface area contributed by atoms with Gasteiger partial charge in [-0.3, -0.25) is 10.2 Å². The number of fused-ring (bicyclic) bond motifs is 1. The molecule has 8 nitrogen and oxygen atoms in total. The van der Waals surface area contributed by atoms with Crippen molar-refractivity contribution in [1.82, 2.24) is 0 Å². The van der Waals surface area contributed by atoms with Crippen molar-refractivity contribution in [2.24, 2.45) is 10.7 Å². The number of hydrogen-bond donors (Lipinski definition) is 4. The van der Waals surface area contributed by atoms with E-state index in [1.54, 1.807) is 6.07 Å². The lowest BCUT2D eigenvalue weighted by molar-refractivity contribution is -0.140. The van der Waals surface area contributed by atoms with Crippen molar-refractivity contribution in [3.05, 3.63) is 53.2 Å². The van der Waals surface area contributed by atoms with Gasteiger partial charge in [-0.15, -0.1) is 0 Å². The molecule has 1 aromatic rings. The summed E-state index contributed by atoms with van der Waals surface area (Å²) < 4.78 is 0. The number of nitrogens with zero attached hydrogens (tertiary/aromatic N) is 2. The Kier molecular flexibility index (Phi) is 6.49. The Morgan fingerprint density at radius 2 is 1.88 bits per heavy atom. The number of allylic oxidation sites excluding steroid dienone is 2. The van der Waals surface area contributed by atoms with Gasteiger partial charge >= 0.3 is 5.97 Å². The van der Waals surface area contributed by atoms with Crippen molar-refractivity contribution >= 4 is 28.9 Å². The minimum Gasteiger partial charge on any atom is -0.480 e. The highest BCUT2D eigenvalue weighted by atomic mass is 16.4. The van der Waals surface area contributed by atoms with E-state index < -0.39 is 18.5 Å². The normalized spacial score (nSPS) is 12.7. The van der Waals surface area contributed by atoms with Crippen LogP contribution in [0.4, 0.5) is 0 Å². The molecule has 128 valence electrons. The Balaban J connectivity index is 0.000000550. The van der Waals surface area contributed by atoms with E-state index in [-0.39, 0.29) is 17.0 Å². The molecule has 25 heavy (non-hydrogen) atoms. The van der Waals surface area contributed by atoms with Crippen LogP contribution >= 0.6 is 0 Å². The molecule has 8 heteroatoms. The Morgan fingerprint density at radius 3 is 2.28 bits per heavy atom. The molecule has 1 amide bonds. The lowest BCUT2D eigenvalue weighted by Crippen LogP contribution is -2.19. The predicted molar refractivity (Wildman–Crippen MR) is 92.0 cm³/mol. The van der Waals surface area contributed by atoms with Gasteiger partial charge in [-0.05, 0) is 18.1 Å². The fourth-order valence-corrected chi connectivity index (χ4v) is 2.00. The maximum atomic E-state index is 11.1. The molecule has 0 unspecified atom stereocenters. The van der Waals surface area contributed by atoms with Gasteiger partial charge < -0.3 is 15.9 Å². The van der Waals surface area contributed by atoms with Gasteiger partial charge in [-0.25, -0.2) is 9.79 Å². The van der Waals surface area contributed by atoms with Crippen molar-refractivity contribution in [2.75, 3.05) is 6.61 Å². The summed E-state index contributed by atoms with van der Waals surface area (Å²) in [4.78, 5) is 24.3. The first-order valence-corrected chi connectivity index (χ1v) is 6.94. The van der Waals surface area contributed by atoms with E-state index in [0.29, 0.717) is 5.70 Å². The third-order valence-corrected chi connectivity index (χ3v) is 3.24. The second kappa shape index (κ2) is 8.33. The Labute approximate surface area is 143 Å². The lowest BCUT2D eigenvalue weighted by Gasteiger charge is -2.01. The minimum atomic E-state index is -1.19. The highest BCUT2D eigenvalue weighted by Gasteiger charge is 2.24. The topological polar surface area (TPSA) is 161 Å². The summed E-state index contributed by atoms with van der Waals surface area (Å²) in [5.74, 6) is -1.99. The standard InChI is InChI=1S/C15H12N4O.C2H4O3/c1-8-10-5-3-4-6-11(10)13(17)14(8)19-12(7-16)9(2)15(18)20;3-1-2(4)5/h3-6,17H,2H2,1H3,(H2,18,20);3H,1H2,(H,4,5). The van der Waals surface area contributed by atoms with Gasteiger partial charge in [-0.1, -0.05) is 30.8 Å². The number of hydrogen-bond acceptors (Lipinski definition) is 6. The maximum absolute atomic E-state index is 11.1. The number of primary amides is 1. The summed E-state index contributed by atoms with van der Waals surface area (Å²) in [7, 11) is 0. The zero-order chi connectivity index (χ0) is 19.1. The van der Waals surface area contributed by atoms with Crippen molar-refractivity contribution in [3.63, 3.8) is 0 Å². The van der Waals surface area contributed by atoms with E-state index >= 15 is 0 Å². The number of nitrogens with two attached hydrogens (primary N) is 1. The highest BCUT2D eigenvalue weighted by Crippen LogP contribution is 2.33. The van der Waals surface area contributed by atoms with E-state index in [1.165, 1.54) is 0 Å². The number of nitriles is 1. The third kappa shape index (κ3) is 4.46. The summed E-state index contributed by atoms with van der Waals surface area (Å²) >= 11 is 0. The number of aliphatic carboxylic acids is 1. The van der Waals surface area contributed by atoms with Crippen LogP contribution in [-0.2, 0) is 9.59 Å².